The summed E-state index contributed by atoms with van der Waals surface area (Å²) in [5.41, 5.74) is 2.14. The minimum atomic E-state index is -0.00586. The van der Waals surface area contributed by atoms with E-state index in [4.69, 9.17) is 14.2 Å². The van der Waals surface area contributed by atoms with Gasteiger partial charge in [-0.2, -0.15) is 0 Å². The van der Waals surface area contributed by atoms with Gasteiger partial charge in [0.15, 0.2) is 6.29 Å². The third-order valence-electron chi connectivity index (χ3n) is 5.27. The third kappa shape index (κ3) is 5.44. The Balaban J connectivity index is 1.31. The van der Waals surface area contributed by atoms with E-state index in [0.717, 1.165) is 75.2 Å². The van der Waals surface area contributed by atoms with Crippen molar-refractivity contribution in [2.75, 3.05) is 38.4 Å². The van der Waals surface area contributed by atoms with E-state index in [-0.39, 0.29) is 6.29 Å². The summed E-state index contributed by atoms with van der Waals surface area (Å²) in [5, 5.41) is 0. The maximum Gasteiger partial charge on any atom is 0.157 e. The Kier molecular flexibility index (Phi) is 6.59. The highest BCUT2D eigenvalue weighted by Crippen LogP contribution is 2.29. The van der Waals surface area contributed by atoms with Gasteiger partial charge in [0.25, 0.3) is 0 Å². The van der Waals surface area contributed by atoms with Crippen LogP contribution < -0.4 is 9.64 Å². The molecule has 1 fully saturated rings. The van der Waals surface area contributed by atoms with Crippen LogP contribution in [0.3, 0.4) is 0 Å². The average molecular weight is 399 g/mol. The number of aryl methyl sites for hydroxylation is 1. The lowest BCUT2D eigenvalue weighted by Gasteiger charge is -2.35. The molecule has 4 heterocycles. The number of anilines is 1. The molecule has 2 aliphatic heterocycles. The highest BCUT2D eigenvalue weighted by molar-refractivity contribution is 5.51. The number of nitrogens with zero attached hydrogens (tertiary/aromatic N) is 4. The molecule has 1 saturated heterocycles. The molecule has 2 aliphatic rings. The fourth-order valence-electron chi connectivity index (χ4n) is 3.80. The van der Waals surface area contributed by atoms with Crippen LogP contribution in [0.5, 0.6) is 11.5 Å². The molecule has 0 bridgehead atoms. The topological polar surface area (TPSA) is 60.0 Å². The number of hydrogen-bond donors (Lipinski definition) is 0. The van der Waals surface area contributed by atoms with Crippen LogP contribution in [-0.2, 0) is 16.0 Å². The lowest BCUT2D eigenvalue weighted by molar-refractivity contribution is -0.163. The van der Waals surface area contributed by atoms with Crippen molar-refractivity contribution >= 4 is 5.82 Å². The molecule has 0 radical (unpaired) electrons. The molecule has 156 valence electrons. The molecule has 7 heteroatoms. The van der Waals surface area contributed by atoms with Crippen molar-refractivity contribution in [3.05, 3.63) is 41.9 Å². The van der Waals surface area contributed by atoms with E-state index < -0.39 is 0 Å². The largest absolute Gasteiger partial charge is 0.454 e. The molecular formula is C22H30N4O3. The minimum Gasteiger partial charge on any atom is -0.454 e. The summed E-state index contributed by atoms with van der Waals surface area (Å²) in [7, 11) is 2.08. The molecule has 4 rings (SSSR count). The van der Waals surface area contributed by atoms with Crippen molar-refractivity contribution in [3.63, 3.8) is 0 Å². The third-order valence-corrected chi connectivity index (χ3v) is 5.27. The van der Waals surface area contributed by atoms with Gasteiger partial charge in [-0.15, -0.1) is 0 Å². The number of rotatable bonds is 7. The van der Waals surface area contributed by atoms with E-state index in [2.05, 4.69) is 32.9 Å². The Bertz CT molecular complexity index is 793. The summed E-state index contributed by atoms with van der Waals surface area (Å²) < 4.78 is 17.4. The van der Waals surface area contributed by atoms with Gasteiger partial charge in [-0.25, -0.2) is 4.98 Å². The standard InChI is InChI=1S/C22H30N4O3/c1-17-7-8-19(13-23-17)29-20-12-18-15-26(16-25(2)22(18)24-14-20)9-5-11-28-21-6-3-4-10-27-21/h7-8,12-14,21H,3-6,9-11,15-16H2,1-2H3. The number of pyridine rings is 2. The van der Waals surface area contributed by atoms with E-state index in [9.17, 15) is 0 Å². The fourth-order valence-corrected chi connectivity index (χ4v) is 3.80. The van der Waals surface area contributed by atoms with Crippen LogP contribution >= 0.6 is 0 Å². The first-order valence-corrected chi connectivity index (χ1v) is 10.4. The van der Waals surface area contributed by atoms with E-state index in [1.54, 1.807) is 12.4 Å². The molecule has 2 aromatic rings. The van der Waals surface area contributed by atoms with Crippen molar-refractivity contribution < 1.29 is 14.2 Å². The molecule has 29 heavy (non-hydrogen) atoms. The molecule has 0 saturated carbocycles. The predicted octanol–water partition coefficient (Wildman–Crippen LogP) is 3.72. The smallest absolute Gasteiger partial charge is 0.157 e. The van der Waals surface area contributed by atoms with Gasteiger partial charge in [0, 0.05) is 38.0 Å². The Morgan fingerprint density at radius 2 is 2.07 bits per heavy atom. The average Bonchev–Trinajstić information content (AvgIpc) is 2.73. The second-order valence-electron chi connectivity index (χ2n) is 7.80. The zero-order chi connectivity index (χ0) is 20.1. The lowest BCUT2D eigenvalue weighted by Crippen LogP contribution is -2.41. The molecule has 1 atom stereocenters. The summed E-state index contributed by atoms with van der Waals surface area (Å²) in [6, 6.07) is 5.95. The summed E-state index contributed by atoms with van der Waals surface area (Å²) in [5.74, 6) is 2.48. The van der Waals surface area contributed by atoms with Crippen molar-refractivity contribution in [2.24, 2.45) is 0 Å². The molecule has 0 amide bonds. The first-order chi connectivity index (χ1) is 14.2. The van der Waals surface area contributed by atoms with Crippen molar-refractivity contribution in [2.45, 2.75) is 45.4 Å². The first kappa shape index (κ1) is 20.1. The SMILES string of the molecule is Cc1ccc(Oc2cnc3c(c2)CN(CCCOC2CCCCO2)CN3C)cn1. The van der Waals surface area contributed by atoms with Crippen LogP contribution in [-0.4, -0.2) is 54.6 Å². The van der Waals surface area contributed by atoms with E-state index in [1.807, 2.05) is 19.1 Å². The van der Waals surface area contributed by atoms with Gasteiger partial charge in [-0.3, -0.25) is 9.88 Å². The highest BCUT2D eigenvalue weighted by Gasteiger charge is 2.22. The maximum atomic E-state index is 5.94. The van der Waals surface area contributed by atoms with E-state index >= 15 is 0 Å². The van der Waals surface area contributed by atoms with Crippen LogP contribution in [0.25, 0.3) is 0 Å². The quantitative estimate of drug-likeness (QED) is 0.659. The van der Waals surface area contributed by atoms with E-state index in [0.29, 0.717) is 0 Å². The summed E-state index contributed by atoms with van der Waals surface area (Å²) in [6.45, 7) is 6.22. The molecule has 0 aliphatic carbocycles. The van der Waals surface area contributed by atoms with Gasteiger partial charge in [0.1, 0.15) is 17.3 Å². The van der Waals surface area contributed by atoms with Crippen molar-refractivity contribution in [1.82, 2.24) is 14.9 Å². The van der Waals surface area contributed by atoms with Gasteiger partial charge >= 0.3 is 0 Å². The minimum absolute atomic E-state index is 0.00586. The first-order valence-electron chi connectivity index (χ1n) is 10.4. The maximum absolute atomic E-state index is 5.94. The molecule has 0 spiro atoms. The van der Waals surface area contributed by atoms with Crippen LogP contribution in [0.1, 0.15) is 36.9 Å². The molecule has 7 nitrogen and oxygen atoms in total. The number of fused-ring (bicyclic) bond motifs is 1. The Labute approximate surface area is 172 Å². The van der Waals surface area contributed by atoms with Gasteiger partial charge < -0.3 is 19.1 Å². The van der Waals surface area contributed by atoms with Crippen LogP contribution in [0, 0.1) is 6.92 Å². The zero-order valence-corrected chi connectivity index (χ0v) is 17.3. The van der Waals surface area contributed by atoms with Gasteiger partial charge in [-0.05, 0) is 50.8 Å². The Hall–Kier alpha value is -2.22. The normalized spacial score (nSPS) is 19.8. The number of aromatic nitrogens is 2. The Morgan fingerprint density at radius 3 is 2.86 bits per heavy atom. The van der Waals surface area contributed by atoms with Gasteiger partial charge in [0.2, 0.25) is 0 Å². The zero-order valence-electron chi connectivity index (χ0n) is 17.3. The summed E-state index contributed by atoms with van der Waals surface area (Å²) >= 11 is 0. The number of hydrogen-bond acceptors (Lipinski definition) is 7. The lowest BCUT2D eigenvalue weighted by atomic mass is 10.2. The Morgan fingerprint density at radius 1 is 1.17 bits per heavy atom. The van der Waals surface area contributed by atoms with Crippen LogP contribution in [0.2, 0.25) is 0 Å². The van der Waals surface area contributed by atoms with Crippen molar-refractivity contribution in [1.29, 1.82) is 0 Å². The molecular weight excluding hydrogens is 368 g/mol. The molecule has 2 aromatic heterocycles. The second-order valence-corrected chi connectivity index (χ2v) is 7.80. The van der Waals surface area contributed by atoms with Crippen LogP contribution in [0.4, 0.5) is 5.82 Å². The van der Waals surface area contributed by atoms with E-state index in [1.165, 1.54) is 12.0 Å². The van der Waals surface area contributed by atoms with Crippen LogP contribution in [0.15, 0.2) is 30.6 Å². The fraction of sp³-hybridized carbons (Fsp3) is 0.545. The molecule has 1 unspecified atom stereocenters. The van der Waals surface area contributed by atoms with Gasteiger partial charge in [0.05, 0.1) is 25.7 Å². The second kappa shape index (κ2) is 9.52. The van der Waals surface area contributed by atoms with Gasteiger partial charge in [-0.1, -0.05) is 0 Å². The summed E-state index contributed by atoms with van der Waals surface area (Å²) in [4.78, 5) is 13.5. The number of ether oxygens (including phenoxy) is 3. The van der Waals surface area contributed by atoms with Crippen molar-refractivity contribution in [3.8, 4) is 11.5 Å². The highest BCUT2D eigenvalue weighted by atomic mass is 16.7. The summed E-state index contributed by atoms with van der Waals surface area (Å²) in [6.07, 6.45) is 7.88. The molecule has 0 aromatic carbocycles. The monoisotopic (exact) mass is 398 g/mol. The predicted molar refractivity (Wildman–Crippen MR) is 111 cm³/mol. The molecule has 0 N–H and O–H groups in total.